The average Bonchev–Trinajstić information content (AvgIpc) is 3.04. The third kappa shape index (κ3) is 8.89. The molecule has 0 radical (unpaired) electrons. The minimum Gasteiger partial charge on any atom is -0.463 e. The maximum atomic E-state index is 12.1. The zero-order chi connectivity index (χ0) is 30.6. The molecule has 0 heterocycles. The van der Waals surface area contributed by atoms with E-state index in [-0.39, 0.29) is 18.1 Å². The second-order valence-electron chi connectivity index (χ2n) is 11.1. The fourth-order valence-electron chi connectivity index (χ4n) is 5.74. The summed E-state index contributed by atoms with van der Waals surface area (Å²) in [5, 5.41) is 0. The third-order valence-corrected chi connectivity index (χ3v) is 8.01. The molecule has 3 aromatic rings. The van der Waals surface area contributed by atoms with Gasteiger partial charge in [0.15, 0.2) is 0 Å². The van der Waals surface area contributed by atoms with Gasteiger partial charge < -0.3 is 14.2 Å². The Balaban J connectivity index is 1.51. The highest BCUT2D eigenvalue weighted by Crippen LogP contribution is 2.41. The Hall–Kier alpha value is -4.22. The van der Waals surface area contributed by atoms with Crippen molar-refractivity contribution in [2.45, 2.75) is 51.4 Å². The number of aryl methyl sites for hydroxylation is 1. The van der Waals surface area contributed by atoms with E-state index in [9.17, 15) is 9.59 Å². The van der Waals surface area contributed by atoms with E-state index in [1.165, 1.54) is 61.1 Å². The molecule has 0 saturated heterocycles. The Morgan fingerprint density at radius 2 is 1.56 bits per heavy atom. The highest BCUT2D eigenvalue weighted by molar-refractivity contribution is 5.89. The normalized spacial score (nSPS) is 16.5. The molecule has 3 aromatic carbocycles. The number of allylic oxidation sites excluding steroid dienone is 2. The van der Waals surface area contributed by atoms with Gasteiger partial charge in [0.1, 0.15) is 5.75 Å². The molecule has 0 unspecified atom stereocenters. The van der Waals surface area contributed by atoms with Gasteiger partial charge in [-0.05, 0) is 103 Å². The van der Waals surface area contributed by atoms with Gasteiger partial charge in [-0.2, -0.15) is 0 Å². The molecule has 1 aliphatic rings. The van der Waals surface area contributed by atoms with Crippen molar-refractivity contribution in [2.24, 2.45) is 5.92 Å². The number of ether oxygens (including phenoxy) is 3. The molecule has 0 aliphatic heterocycles. The first-order chi connectivity index (χ1) is 20.9. The van der Waals surface area contributed by atoms with Crippen LogP contribution in [0.25, 0.3) is 22.3 Å². The topological polar surface area (TPSA) is 61.8 Å². The van der Waals surface area contributed by atoms with Gasteiger partial charge >= 0.3 is 11.9 Å². The van der Waals surface area contributed by atoms with Crippen molar-refractivity contribution in [3.8, 4) is 28.0 Å². The van der Waals surface area contributed by atoms with Crippen LogP contribution in [0.5, 0.6) is 5.75 Å². The summed E-state index contributed by atoms with van der Waals surface area (Å²) in [6.45, 7) is 9.79. The van der Waals surface area contributed by atoms with E-state index in [0.29, 0.717) is 24.2 Å². The van der Waals surface area contributed by atoms with Crippen LogP contribution < -0.4 is 4.74 Å². The number of methoxy groups -OCH3 is 1. The van der Waals surface area contributed by atoms with Crippen LogP contribution in [0.3, 0.4) is 0 Å². The molecular weight excluding hydrogens is 536 g/mol. The predicted octanol–water partition coefficient (Wildman–Crippen LogP) is 8.64. The second-order valence-corrected chi connectivity index (χ2v) is 11.1. The molecule has 1 saturated carbocycles. The minimum atomic E-state index is -0.493. The van der Waals surface area contributed by atoms with Crippen molar-refractivity contribution in [3.63, 3.8) is 0 Å². The number of carbonyl (C=O) groups excluding carboxylic acids is 2. The Bertz CT molecular complexity index is 1420. The number of esters is 2. The minimum absolute atomic E-state index is 0.137. The summed E-state index contributed by atoms with van der Waals surface area (Å²) in [5.74, 6) is 0.791. The van der Waals surface area contributed by atoms with E-state index in [0.717, 1.165) is 24.0 Å². The monoisotopic (exact) mass is 578 g/mol. The first-order valence-corrected chi connectivity index (χ1v) is 15.1. The molecule has 0 aromatic heterocycles. The van der Waals surface area contributed by atoms with Crippen molar-refractivity contribution >= 4 is 11.9 Å². The van der Waals surface area contributed by atoms with Gasteiger partial charge in [-0.3, -0.25) is 0 Å². The summed E-state index contributed by atoms with van der Waals surface area (Å²) in [7, 11) is 1.51. The lowest BCUT2D eigenvalue weighted by molar-refractivity contribution is -0.137. The highest BCUT2D eigenvalue weighted by Gasteiger charge is 2.23. The molecule has 1 aliphatic carbocycles. The van der Waals surface area contributed by atoms with Gasteiger partial charge in [-0.1, -0.05) is 79.9 Å². The molecule has 0 N–H and O–H groups in total. The van der Waals surface area contributed by atoms with Crippen molar-refractivity contribution in [3.05, 3.63) is 115 Å². The molecule has 0 spiro atoms. The molecule has 0 atom stereocenters. The van der Waals surface area contributed by atoms with Crippen LogP contribution in [0, 0.1) is 5.92 Å². The maximum Gasteiger partial charge on any atom is 0.341 e. The van der Waals surface area contributed by atoms with E-state index >= 15 is 0 Å². The molecule has 0 amide bonds. The van der Waals surface area contributed by atoms with Gasteiger partial charge in [0.25, 0.3) is 0 Å². The molecule has 1 fully saturated rings. The number of hydrogen-bond donors (Lipinski definition) is 0. The van der Waals surface area contributed by atoms with Crippen molar-refractivity contribution in [2.75, 3.05) is 20.3 Å². The van der Waals surface area contributed by atoms with Crippen molar-refractivity contribution in [1.29, 1.82) is 0 Å². The fourth-order valence-corrected chi connectivity index (χ4v) is 5.74. The van der Waals surface area contributed by atoms with Crippen LogP contribution in [0.15, 0.2) is 104 Å². The zero-order valence-electron chi connectivity index (χ0n) is 25.3. The lowest BCUT2D eigenvalue weighted by atomic mass is 9.76. The zero-order valence-corrected chi connectivity index (χ0v) is 25.3. The van der Waals surface area contributed by atoms with Crippen LogP contribution >= 0.6 is 0 Å². The Kier molecular flexibility index (Phi) is 11.7. The number of rotatable bonds is 13. The van der Waals surface area contributed by atoms with E-state index in [1.807, 2.05) is 12.1 Å². The lowest BCUT2D eigenvalue weighted by Gasteiger charge is -2.29. The molecule has 0 bridgehead atoms. The van der Waals surface area contributed by atoms with E-state index < -0.39 is 5.97 Å². The summed E-state index contributed by atoms with van der Waals surface area (Å²) < 4.78 is 15.5. The molecule has 43 heavy (non-hydrogen) atoms. The summed E-state index contributed by atoms with van der Waals surface area (Å²) >= 11 is 0. The summed E-state index contributed by atoms with van der Waals surface area (Å²) in [4.78, 5) is 23.5. The molecular formula is C38H42O5. The van der Waals surface area contributed by atoms with E-state index in [1.54, 1.807) is 12.1 Å². The van der Waals surface area contributed by atoms with Crippen LogP contribution in [0.1, 0.15) is 56.1 Å². The average molecular weight is 579 g/mol. The van der Waals surface area contributed by atoms with Crippen molar-refractivity contribution in [1.82, 2.24) is 0 Å². The van der Waals surface area contributed by atoms with Gasteiger partial charge in [-0.15, -0.1) is 0 Å². The smallest absolute Gasteiger partial charge is 0.341 e. The predicted molar refractivity (Wildman–Crippen MR) is 173 cm³/mol. The van der Waals surface area contributed by atoms with Gasteiger partial charge in [0.2, 0.25) is 0 Å². The standard InChI is InChI=1S/C38H42O5/c1-5-8-28-10-13-33(14-11-28)36-25-29(9-7-24-42-37(39)6-2)12-23-35(36)32-17-15-30(16-18-32)31-19-21-34(22-20-31)43-38(40)27(3)26-41-4/h5-6,8,12,15-23,25,28,33H,2-3,7,9-11,13-14,24,26H2,1,4H3/b8-5+. The van der Waals surface area contributed by atoms with E-state index in [4.69, 9.17) is 14.2 Å². The SMILES string of the molecule is C=CC(=O)OCCCc1ccc(-c2ccc(-c3ccc(OC(=O)C(=C)COC)cc3)cc2)c(C2CCC(/C=C/C)CC2)c1. The third-order valence-electron chi connectivity index (χ3n) is 8.01. The van der Waals surface area contributed by atoms with Crippen LogP contribution in [0.4, 0.5) is 0 Å². The number of benzene rings is 3. The van der Waals surface area contributed by atoms with E-state index in [2.05, 4.69) is 74.7 Å². The first-order valence-electron chi connectivity index (χ1n) is 15.1. The maximum absolute atomic E-state index is 12.1. The molecule has 5 nitrogen and oxygen atoms in total. The lowest BCUT2D eigenvalue weighted by Crippen LogP contribution is -2.13. The first kappa shape index (κ1) is 31.7. The molecule has 4 rings (SSSR count). The molecule has 224 valence electrons. The fraction of sp³-hybridized carbons (Fsp3) is 0.316. The molecule has 5 heteroatoms. The largest absolute Gasteiger partial charge is 0.463 e. The Morgan fingerprint density at radius 1 is 0.907 bits per heavy atom. The number of carbonyl (C=O) groups is 2. The van der Waals surface area contributed by atoms with Crippen LogP contribution in [-0.4, -0.2) is 32.3 Å². The summed E-state index contributed by atoms with van der Waals surface area (Å²) in [6, 6.07) is 23.0. The van der Waals surface area contributed by atoms with Gasteiger partial charge in [-0.25, -0.2) is 9.59 Å². The highest BCUT2D eigenvalue weighted by atomic mass is 16.5. The van der Waals surface area contributed by atoms with Gasteiger partial charge in [0, 0.05) is 13.2 Å². The van der Waals surface area contributed by atoms with Crippen LogP contribution in [0.2, 0.25) is 0 Å². The van der Waals surface area contributed by atoms with Crippen LogP contribution in [-0.2, 0) is 25.5 Å². The quantitative estimate of drug-likeness (QED) is 0.0668. The Morgan fingerprint density at radius 3 is 2.19 bits per heavy atom. The van der Waals surface area contributed by atoms with Gasteiger partial charge in [0.05, 0.1) is 18.8 Å². The Labute approximate surface area is 255 Å². The second kappa shape index (κ2) is 15.9. The summed E-state index contributed by atoms with van der Waals surface area (Å²) in [5.41, 5.74) is 7.56. The van der Waals surface area contributed by atoms with Crippen molar-refractivity contribution < 1.29 is 23.8 Å². The number of hydrogen-bond acceptors (Lipinski definition) is 5. The summed E-state index contributed by atoms with van der Waals surface area (Å²) in [6.07, 6.45) is 12.1.